The summed E-state index contributed by atoms with van der Waals surface area (Å²) >= 11 is 18.2. The molecule has 2 aromatic rings. The molecule has 0 radical (unpaired) electrons. The molecule has 1 aliphatic heterocycles. The summed E-state index contributed by atoms with van der Waals surface area (Å²) in [6, 6.07) is 10.8. The lowest BCUT2D eigenvalue weighted by Gasteiger charge is -2.22. The number of benzene rings is 2. The van der Waals surface area contributed by atoms with Gasteiger partial charge in [-0.15, -0.1) is 0 Å². The lowest BCUT2D eigenvalue weighted by atomic mass is 10.1. The zero-order valence-electron chi connectivity index (χ0n) is 17.9. The molecule has 1 heterocycles. The Bertz CT molecular complexity index is 930. The Morgan fingerprint density at radius 3 is 2.34 bits per heavy atom. The van der Waals surface area contributed by atoms with Gasteiger partial charge in [0.1, 0.15) is 5.75 Å². The lowest BCUT2D eigenvalue weighted by Crippen LogP contribution is -2.38. The fraction of sp³-hybridized carbons (Fsp3) is 0.391. The van der Waals surface area contributed by atoms with Crippen molar-refractivity contribution < 1.29 is 14.3 Å². The predicted octanol–water partition coefficient (Wildman–Crippen LogP) is 4.76. The second-order valence-electron chi connectivity index (χ2n) is 7.65. The molecule has 9 heteroatoms. The largest absolute Gasteiger partial charge is 0.497 e. The van der Waals surface area contributed by atoms with E-state index >= 15 is 0 Å². The van der Waals surface area contributed by atoms with E-state index < -0.39 is 0 Å². The minimum absolute atomic E-state index is 0.131. The monoisotopic (exact) mass is 497 g/mol. The summed E-state index contributed by atoms with van der Waals surface area (Å²) in [6.07, 6.45) is 1.96. The molecule has 0 unspecified atom stereocenters. The molecular weight excluding hydrogens is 473 g/mol. The van der Waals surface area contributed by atoms with E-state index in [0.717, 1.165) is 24.3 Å². The molecule has 3 rings (SSSR count). The van der Waals surface area contributed by atoms with Gasteiger partial charge >= 0.3 is 0 Å². The Morgan fingerprint density at radius 1 is 1.00 bits per heavy atom. The fourth-order valence-corrected chi connectivity index (χ4v) is 4.54. The minimum Gasteiger partial charge on any atom is -0.497 e. The molecule has 0 aromatic heterocycles. The Morgan fingerprint density at radius 2 is 1.69 bits per heavy atom. The first-order valence-corrected chi connectivity index (χ1v) is 11.6. The topological polar surface area (TPSA) is 61.9 Å². The molecule has 0 bridgehead atoms. The van der Waals surface area contributed by atoms with Crippen LogP contribution < -0.4 is 10.1 Å². The highest BCUT2D eigenvalue weighted by Gasteiger charge is 2.21. The number of carbonyl (C=O) groups is 2. The van der Waals surface area contributed by atoms with Gasteiger partial charge in [-0.2, -0.15) is 0 Å². The van der Waals surface area contributed by atoms with E-state index in [1.165, 1.54) is 12.1 Å². The fourth-order valence-electron chi connectivity index (χ4n) is 3.62. The summed E-state index contributed by atoms with van der Waals surface area (Å²) in [5, 5.41) is 3.75. The molecule has 0 saturated carbocycles. The number of carbonyl (C=O) groups excluding carboxylic acids is 2. The molecule has 172 valence electrons. The van der Waals surface area contributed by atoms with Gasteiger partial charge in [0, 0.05) is 37.6 Å². The number of nitrogens with zero attached hydrogens (tertiary/aromatic N) is 2. The molecule has 2 amide bonds. The van der Waals surface area contributed by atoms with Gasteiger partial charge < -0.3 is 15.0 Å². The molecule has 1 fully saturated rings. The van der Waals surface area contributed by atoms with Crippen LogP contribution in [0.1, 0.15) is 18.4 Å². The molecule has 0 aliphatic carbocycles. The van der Waals surface area contributed by atoms with Gasteiger partial charge in [0.25, 0.3) is 0 Å². The highest BCUT2D eigenvalue weighted by atomic mass is 35.5. The summed E-state index contributed by atoms with van der Waals surface area (Å²) in [5.41, 5.74) is 1.46. The van der Waals surface area contributed by atoms with Crippen LogP contribution in [0.15, 0.2) is 36.4 Å². The molecule has 6 nitrogen and oxygen atoms in total. The first-order chi connectivity index (χ1) is 15.4. The van der Waals surface area contributed by atoms with Gasteiger partial charge in [-0.05, 0) is 42.7 Å². The number of amides is 2. The summed E-state index contributed by atoms with van der Waals surface area (Å²) in [4.78, 5) is 29.1. The molecule has 32 heavy (non-hydrogen) atoms. The maximum absolute atomic E-state index is 12.7. The average Bonchev–Trinajstić information content (AvgIpc) is 3.00. The maximum atomic E-state index is 12.7. The third-order valence-electron chi connectivity index (χ3n) is 5.37. The smallest absolute Gasteiger partial charge is 0.238 e. The van der Waals surface area contributed by atoms with Crippen LogP contribution in [-0.2, 0) is 16.0 Å². The van der Waals surface area contributed by atoms with Gasteiger partial charge in [-0.3, -0.25) is 14.5 Å². The zero-order chi connectivity index (χ0) is 23.1. The van der Waals surface area contributed by atoms with Crippen LogP contribution in [0.2, 0.25) is 15.1 Å². The second kappa shape index (κ2) is 11.8. The van der Waals surface area contributed by atoms with Crippen LogP contribution in [0.25, 0.3) is 0 Å². The average molecular weight is 499 g/mol. The van der Waals surface area contributed by atoms with Crippen LogP contribution in [0.4, 0.5) is 5.69 Å². The SMILES string of the molecule is COc1ccc(CCC(=O)N2CCCN(CC(=O)Nc3c(Cl)cc(Cl)cc3Cl)CC2)cc1. The van der Waals surface area contributed by atoms with Gasteiger partial charge in [-0.1, -0.05) is 46.9 Å². The molecule has 1 aliphatic rings. The van der Waals surface area contributed by atoms with E-state index in [0.29, 0.717) is 53.2 Å². The number of aryl methyl sites for hydroxylation is 1. The Hall–Kier alpha value is -1.99. The molecule has 1 saturated heterocycles. The van der Waals surface area contributed by atoms with E-state index in [9.17, 15) is 9.59 Å². The van der Waals surface area contributed by atoms with Gasteiger partial charge in [0.2, 0.25) is 11.8 Å². The van der Waals surface area contributed by atoms with Crippen molar-refractivity contribution in [2.75, 3.05) is 45.2 Å². The lowest BCUT2D eigenvalue weighted by molar-refractivity contribution is -0.131. The standard InChI is InChI=1S/C23H26Cl3N3O3/c1-32-18-6-3-16(4-7-18)5-8-22(31)29-10-2-9-28(11-12-29)15-21(30)27-23-19(25)13-17(24)14-20(23)26/h3-4,6-7,13-14H,2,5,8-12,15H2,1H3,(H,27,30). The minimum atomic E-state index is -0.213. The van der Waals surface area contributed by atoms with Crippen LogP contribution >= 0.6 is 34.8 Å². The maximum Gasteiger partial charge on any atom is 0.238 e. The van der Waals surface area contributed by atoms with Crippen molar-refractivity contribution in [3.05, 3.63) is 57.0 Å². The van der Waals surface area contributed by atoms with Crippen molar-refractivity contribution in [3.63, 3.8) is 0 Å². The van der Waals surface area contributed by atoms with Gasteiger partial charge in [0.05, 0.1) is 29.4 Å². The number of methoxy groups -OCH3 is 1. The van der Waals surface area contributed by atoms with E-state index in [1.54, 1.807) is 7.11 Å². The van der Waals surface area contributed by atoms with Crippen molar-refractivity contribution in [3.8, 4) is 5.75 Å². The van der Waals surface area contributed by atoms with Crippen LogP contribution in [-0.4, -0.2) is 61.4 Å². The number of ether oxygens (including phenoxy) is 1. The third kappa shape index (κ3) is 7.01. The van der Waals surface area contributed by atoms with Crippen molar-refractivity contribution >= 4 is 52.3 Å². The number of anilines is 1. The number of nitrogens with one attached hydrogen (secondary N) is 1. The number of halogens is 3. The summed E-state index contributed by atoms with van der Waals surface area (Å²) in [6.45, 7) is 2.84. The first kappa shape index (κ1) is 24.6. The molecular formula is C23H26Cl3N3O3. The van der Waals surface area contributed by atoms with Crippen LogP contribution in [0.3, 0.4) is 0 Å². The normalized spacial score (nSPS) is 14.7. The summed E-state index contributed by atoms with van der Waals surface area (Å²) in [5.74, 6) is 0.722. The van der Waals surface area contributed by atoms with Crippen molar-refractivity contribution in [2.45, 2.75) is 19.3 Å². The van der Waals surface area contributed by atoms with E-state index in [4.69, 9.17) is 39.5 Å². The predicted molar refractivity (Wildman–Crippen MR) is 129 cm³/mol. The highest BCUT2D eigenvalue weighted by molar-refractivity contribution is 6.42. The van der Waals surface area contributed by atoms with Crippen LogP contribution in [0.5, 0.6) is 5.75 Å². The Balaban J connectivity index is 1.46. The van der Waals surface area contributed by atoms with Gasteiger partial charge in [0.15, 0.2) is 0 Å². The molecule has 0 atom stereocenters. The van der Waals surface area contributed by atoms with Crippen molar-refractivity contribution in [2.24, 2.45) is 0 Å². The quantitative estimate of drug-likeness (QED) is 0.598. The Kier molecular flexibility index (Phi) is 9.05. The Labute approximate surface area is 203 Å². The summed E-state index contributed by atoms with van der Waals surface area (Å²) in [7, 11) is 1.63. The molecule has 2 aromatic carbocycles. The van der Waals surface area contributed by atoms with Crippen molar-refractivity contribution in [1.29, 1.82) is 0 Å². The number of rotatable bonds is 7. The van der Waals surface area contributed by atoms with E-state index in [-0.39, 0.29) is 18.4 Å². The van der Waals surface area contributed by atoms with Crippen molar-refractivity contribution in [1.82, 2.24) is 9.80 Å². The van der Waals surface area contributed by atoms with E-state index in [2.05, 4.69) is 5.32 Å². The second-order valence-corrected chi connectivity index (χ2v) is 8.90. The van der Waals surface area contributed by atoms with E-state index in [1.807, 2.05) is 34.1 Å². The molecule has 0 spiro atoms. The zero-order valence-corrected chi connectivity index (χ0v) is 20.1. The molecule has 1 N–H and O–H groups in total. The highest BCUT2D eigenvalue weighted by Crippen LogP contribution is 2.33. The number of hydrogen-bond donors (Lipinski definition) is 1. The number of hydrogen-bond acceptors (Lipinski definition) is 4. The third-order valence-corrected chi connectivity index (χ3v) is 6.18. The summed E-state index contributed by atoms with van der Waals surface area (Å²) < 4.78 is 5.16. The van der Waals surface area contributed by atoms with Crippen LogP contribution in [0, 0.1) is 0 Å². The first-order valence-electron chi connectivity index (χ1n) is 10.4. The van der Waals surface area contributed by atoms with Gasteiger partial charge in [-0.25, -0.2) is 0 Å².